The number of amidine groups is 1. The topological polar surface area (TPSA) is 129 Å². The number of fused-ring (bicyclic) bond motifs is 1. The summed E-state index contributed by atoms with van der Waals surface area (Å²) >= 11 is 1.13. The number of thioether (sulfide) groups is 1. The van der Waals surface area contributed by atoms with Gasteiger partial charge in [0.25, 0.3) is 0 Å². The maximum atomic E-state index is 11.0. The van der Waals surface area contributed by atoms with Gasteiger partial charge in [-0.3, -0.25) is 9.89 Å². The number of aliphatic imine (C=N–C) groups is 1. The number of hydrogen-bond donors (Lipinski definition) is 4. The first-order chi connectivity index (χ1) is 8.99. The Morgan fingerprint density at radius 2 is 2.21 bits per heavy atom. The van der Waals surface area contributed by atoms with Crippen LogP contribution < -0.4 is 5.73 Å². The summed E-state index contributed by atoms with van der Waals surface area (Å²) in [5.74, 6) is 0. The zero-order valence-corrected chi connectivity index (χ0v) is 11.2. The summed E-state index contributed by atoms with van der Waals surface area (Å²) < 4.78 is 5.54. The lowest BCUT2D eigenvalue weighted by Crippen LogP contribution is -2.56. The summed E-state index contributed by atoms with van der Waals surface area (Å²) in [5.41, 5.74) is 4.94. The van der Waals surface area contributed by atoms with E-state index in [1.807, 2.05) is 0 Å². The largest absolute Gasteiger partial charge is 0.465 e. The fourth-order valence-electron chi connectivity index (χ4n) is 2.09. The maximum absolute atomic E-state index is 11.0. The second kappa shape index (κ2) is 5.63. The number of hydrogen-bond acceptors (Lipinski definition) is 7. The number of rotatable bonds is 2. The highest BCUT2D eigenvalue weighted by molar-refractivity contribution is 8.14. The predicted octanol–water partition coefficient (Wildman–Crippen LogP) is -1.14. The molecule has 0 spiro atoms. The van der Waals surface area contributed by atoms with Crippen LogP contribution in [0.1, 0.15) is 6.92 Å². The molecule has 0 radical (unpaired) electrons. The van der Waals surface area contributed by atoms with E-state index in [0.29, 0.717) is 0 Å². The van der Waals surface area contributed by atoms with Crippen LogP contribution in [0.25, 0.3) is 0 Å². The first-order valence-electron chi connectivity index (χ1n) is 5.96. The number of nitrogens with zero attached hydrogens (tertiary/aromatic N) is 2. The van der Waals surface area contributed by atoms with Gasteiger partial charge in [0.15, 0.2) is 5.17 Å². The zero-order valence-electron chi connectivity index (χ0n) is 10.3. The number of amides is 1. The van der Waals surface area contributed by atoms with E-state index in [1.54, 1.807) is 6.92 Å². The van der Waals surface area contributed by atoms with E-state index in [-0.39, 0.29) is 18.3 Å². The molecule has 0 bridgehead atoms. The van der Waals surface area contributed by atoms with E-state index in [4.69, 9.17) is 15.6 Å². The molecule has 5 atom stereocenters. The predicted molar refractivity (Wildman–Crippen MR) is 68.9 cm³/mol. The summed E-state index contributed by atoms with van der Waals surface area (Å²) in [6.07, 6.45) is -4.00. The molecule has 1 fully saturated rings. The van der Waals surface area contributed by atoms with Crippen molar-refractivity contribution in [3.05, 3.63) is 0 Å². The third kappa shape index (κ3) is 2.56. The minimum atomic E-state index is -1.12. The summed E-state index contributed by atoms with van der Waals surface area (Å²) in [6, 6.07) is -0.675. The van der Waals surface area contributed by atoms with Crippen LogP contribution >= 0.6 is 11.8 Å². The molecule has 2 aliphatic heterocycles. The van der Waals surface area contributed by atoms with Gasteiger partial charge in [-0.2, -0.15) is 0 Å². The lowest BCUT2D eigenvalue weighted by atomic mass is 9.98. The fourth-order valence-corrected chi connectivity index (χ4v) is 3.38. The lowest BCUT2D eigenvalue weighted by Gasteiger charge is -2.37. The normalized spacial score (nSPS) is 37.7. The first-order valence-corrected chi connectivity index (χ1v) is 6.84. The quantitative estimate of drug-likeness (QED) is 0.506. The van der Waals surface area contributed by atoms with E-state index in [1.165, 1.54) is 0 Å². The van der Waals surface area contributed by atoms with Crippen LogP contribution in [0.4, 0.5) is 4.79 Å². The van der Waals surface area contributed by atoms with Crippen LogP contribution in [-0.2, 0) is 4.74 Å². The van der Waals surface area contributed by atoms with E-state index >= 15 is 0 Å². The molecule has 19 heavy (non-hydrogen) atoms. The molecule has 0 aromatic carbocycles. The molecular weight excluding hydrogens is 274 g/mol. The number of ether oxygens (including phenoxy) is 1. The van der Waals surface area contributed by atoms with Crippen LogP contribution in [0.15, 0.2) is 4.99 Å². The minimum Gasteiger partial charge on any atom is -0.465 e. The molecule has 2 heterocycles. The van der Waals surface area contributed by atoms with Crippen LogP contribution in [0, 0.1) is 0 Å². The molecule has 0 aromatic heterocycles. The van der Waals surface area contributed by atoms with Crippen molar-refractivity contribution in [2.24, 2.45) is 10.7 Å². The molecule has 1 saturated heterocycles. The highest BCUT2D eigenvalue weighted by atomic mass is 32.2. The molecule has 8 nitrogen and oxygen atoms in total. The Morgan fingerprint density at radius 1 is 1.53 bits per heavy atom. The number of carbonyl (C=O) groups is 1. The average molecular weight is 291 g/mol. The van der Waals surface area contributed by atoms with Crippen molar-refractivity contribution in [1.29, 1.82) is 0 Å². The molecular formula is C10H17N3O5S. The van der Waals surface area contributed by atoms with Crippen molar-refractivity contribution in [3.8, 4) is 0 Å². The van der Waals surface area contributed by atoms with Crippen LogP contribution in [0.5, 0.6) is 0 Å². The molecule has 0 saturated carbocycles. The maximum Gasteiger partial charge on any atom is 0.413 e. The van der Waals surface area contributed by atoms with Gasteiger partial charge in [-0.15, -0.1) is 0 Å². The van der Waals surface area contributed by atoms with Gasteiger partial charge >= 0.3 is 6.09 Å². The van der Waals surface area contributed by atoms with Gasteiger partial charge in [0.1, 0.15) is 23.7 Å². The summed E-state index contributed by atoms with van der Waals surface area (Å²) in [7, 11) is 0. The van der Waals surface area contributed by atoms with Gasteiger partial charge < -0.3 is 25.8 Å². The summed E-state index contributed by atoms with van der Waals surface area (Å²) in [6.45, 7) is 2.02. The Balaban J connectivity index is 2.17. The van der Waals surface area contributed by atoms with E-state index in [9.17, 15) is 15.0 Å². The Kier molecular flexibility index (Phi) is 4.31. The van der Waals surface area contributed by atoms with Crippen molar-refractivity contribution in [1.82, 2.24) is 4.90 Å². The Bertz CT molecular complexity index is 393. The van der Waals surface area contributed by atoms with Gasteiger partial charge in [-0.1, -0.05) is 11.8 Å². The molecule has 0 aliphatic carbocycles. The molecule has 0 unspecified atom stereocenters. The molecule has 5 N–H and O–H groups in total. The number of aliphatic hydroxyl groups is 2. The number of nitrogens with two attached hydrogens (primary N) is 1. The average Bonchev–Trinajstić information content (AvgIpc) is 2.78. The molecule has 108 valence electrons. The van der Waals surface area contributed by atoms with Crippen LogP contribution in [-0.4, -0.2) is 74.4 Å². The summed E-state index contributed by atoms with van der Waals surface area (Å²) in [5, 5.41) is 29.1. The van der Waals surface area contributed by atoms with Crippen molar-refractivity contribution < 1.29 is 24.9 Å². The molecule has 1 amide bonds. The van der Waals surface area contributed by atoms with E-state index < -0.39 is 35.9 Å². The smallest absolute Gasteiger partial charge is 0.413 e. The highest BCUT2D eigenvalue weighted by Crippen LogP contribution is 2.37. The van der Waals surface area contributed by atoms with Crippen LogP contribution in [0.2, 0.25) is 0 Å². The minimum absolute atomic E-state index is 0.0771. The van der Waals surface area contributed by atoms with E-state index in [0.717, 1.165) is 16.7 Å². The Hall–Kier alpha value is -0.870. The van der Waals surface area contributed by atoms with E-state index in [2.05, 4.69) is 4.99 Å². The Morgan fingerprint density at radius 3 is 2.74 bits per heavy atom. The van der Waals surface area contributed by atoms with Gasteiger partial charge in [-0.05, 0) is 6.92 Å². The fraction of sp³-hybridized carbons (Fsp3) is 0.800. The highest BCUT2D eigenvalue weighted by Gasteiger charge is 2.48. The van der Waals surface area contributed by atoms with Gasteiger partial charge in [-0.25, -0.2) is 4.79 Å². The second-order valence-electron chi connectivity index (χ2n) is 4.31. The van der Waals surface area contributed by atoms with Crippen LogP contribution in [0.3, 0.4) is 0 Å². The Labute approximate surface area is 114 Å². The third-order valence-electron chi connectivity index (χ3n) is 3.16. The van der Waals surface area contributed by atoms with Crippen molar-refractivity contribution in [2.75, 3.05) is 13.1 Å². The van der Waals surface area contributed by atoms with Gasteiger partial charge in [0.2, 0.25) is 0 Å². The second-order valence-corrected chi connectivity index (χ2v) is 5.37. The van der Waals surface area contributed by atoms with Crippen molar-refractivity contribution in [2.45, 2.75) is 36.7 Å². The standard InChI is InChI=1S/C10H17N3O5S/c1-2-13(10(16)17)9-12-5-7(15)6(14)4(3-11)18-8(5)19-9/h4-8,14-15H,2-3,11H2,1H3,(H,16,17)/t4-,5-,6-,7-,8-/m1/s1. The SMILES string of the molecule is CCN(C(=O)O)C1=N[C@@H]2[C@@H](O)[C@H](O)[C@@H](CN)O[C@@H]2S1. The number of aliphatic hydroxyl groups excluding tert-OH is 2. The molecule has 2 aliphatic rings. The zero-order chi connectivity index (χ0) is 14.2. The molecule has 2 rings (SSSR count). The van der Waals surface area contributed by atoms with Crippen molar-refractivity contribution >= 4 is 23.0 Å². The monoisotopic (exact) mass is 291 g/mol. The van der Waals surface area contributed by atoms with Gasteiger partial charge in [0, 0.05) is 13.1 Å². The molecule has 9 heteroatoms. The molecule has 0 aromatic rings. The summed E-state index contributed by atoms with van der Waals surface area (Å²) in [4.78, 5) is 16.3. The third-order valence-corrected chi connectivity index (χ3v) is 4.32. The van der Waals surface area contributed by atoms with Gasteiger partial charge in [0.05, 0.1) is 6.10 Å². The first kappa shape index (κ1) is 14.5. The number of carboxylic acid groups (broad SMARTS) is 1. The van der Waals surface area contributed by atoms with Crippen molar-refractivity contribution in [3.63, 3.8) is 0 Å². The lowest BCUT2D eigenvalue weighted by molar-refractivity contribution is -0.148.